The fourth-order valence-electron chi connectivity index (χ4n) is 4.66. The first-order chi connectivity index (χ1) is 17.8. The van der Waals surface area contributed by atoms with Crippen LogP contribution in [0, 0.1) is 5.82 Å². The summed E-state index contributed by atoms with van der Waals surface area (Å²) in [4.78, 5) is 44.6. The molecule has 10 heteroatoms. The van der Waals surface area contributed by atoms with Gasteiger partial charge in [-0.1, -0.05) is 42.5 Å². The van der Waals surface area contributed by atoms with Gasteiger partial charge in [-0.2, -0.15) is 0 Å². The Kier molecular flexibility index (Phi) is 7.82. The van der Waals surface area contributed by atoms with Gasteiger partial charge in [-0.15, -0.1) is 0 Å². The number of methoxy groups -OCH3 is 1. The second-order valence-corrected chi connectivity index (χ2v) is 8.64. The van der Waals surface area contributed by atoms with Crippen LogP contribution < -0.4 is 15.0 Å². The van der Waals surface area contributed by atoms with Crippen LogP contribution in [-0.2, 0) is 15.1 Å². The summed E-state index contributed by atoms with van der Waals surface area (Å²) >= 11 is 0. The fourth-order valence-corrected chi connectivity index (χ4v) is 4.66. The van der Waals surface area contributed by atoms with E-state index in [0.717, 1.165) is 15.7 Å². The van der Waals surface area contributed by atoms with Crippen molar-refractivity contribution in [2.75, 3.05) is 12.0 Å². The molecule has 3 aromatic carbocycles. The SMILES string of the molecule is COc1ccc2c(c1)N(c1ccccc1F)C(=O)[C@@]2(CCC(=O)O)NC(=O)c1cc2ccccc2cn1.[Na]. The summed E-state index contributed by atoms with van der Waals surface area (Å²) in [5.41, 5.74) is -1.14. The number of carboxylic acids is 1. The number of nitrogens with zero attached hydrogens (tertiary/aromatic N) is 2. The van der Waals surface area contributed by atoms with Crippen LogP contribution in [0.15, 0.2) is 79.0 Å². The van der Waals surface area contributed by atoms with Gasteiger partial charge >= 0.3 is 5.97 Å². The minimum atomic E-state index is -1.79. The Balaban J connectivity index is 0.00000336. The first-order valence-corrected chi connectivity index (χ1v) is 11.5. The molecule has 0 aliphatic carbocycles. The van der Waals surface area contributed by atoms with E-state index in [9.17, 15) is 23.9 Å². The molecule has 0 unspecified atom stereocenters. The van der Waals surface area contributed by atoms with Gasteiger partial charge < -0.3 is 15.2 Å². The van der Waals surface area contributed by atoms with E-state index in [1.807, 2.05) is 24.3 Å². The van der Waals surface area contributed by atoms with Crippen molar-refractivity contribution in [3.05, 3.63) is 96.1 Å². The quantitative estimate of drug-likeness (QED) is 0.353. The smallest absolute Gasteiger partial charge is 0.303 e. The number of aromatic nitrogens is 1. The van der Waals surface area contributed by atoms with Crippen molar-refractivity contribution in [3.8, 4) is 5.75 Å². The average Bonchev–Trinajstić information content (AvgIpc) is 3.14. The molecule has 5 rings (SSSR count). The van der Waals surface area contributed by atoms with Crippen LogP contribution >= 0.6 is 0 Å². The number of rotatable bonds is 7. The van der Waals surface area contributed by atoms with E-state index >= 15 is 0 Å². The van der Waals surface area contributed by atoms with E-state index in [4.69, 9.17) is 4.74 Å². The minimum absolute atomic E-state index is 0. The molecule has 1 aliphatic rings. The standard InChI is InChI=1S/C28H22FN3O5.Na/c1-37-19-10-11-20-24(15-19)32(23-9-5-4-8-21(23)29)27(36)28(20,13-12-25(33)34)31-26(35)22-14-17-6-2-3-7-18(17)16-30-22;/h2-11,14-16H,12-13H2,1H3,(H,31,35)(H,33,34);/t28-;/m0./s1. The number of pyridine rings is 1. The summed E-state index contributed by atoms with van der Waals surface area (Å²) in [6.07, 6.45) is 0.869. The average molecular weight is 522 g/mol. The van der Waals surface area contributed by atoms with Gasteiger partial charge in [0, 0.05) is 59.2 Å². The largest absolute Gasteiger partial charge is 0.497 e. The van der Waals surface area contributed by atoms with Crippen LogP contribution in [0.25, 0.3) is 10.8 Å². The van der Waals surface area contributed by atoms with E-state index in [-0.39, 0.29) is 53.0 Å². The van der Waals surface area contributed by atoms with Crippen LogP contribution in [-0.4, -0.2) is 64.5 Å². The monoisotopic (exact) mass is 522 g/mol. The zero-order chi connectivity index (χ0) is 26.2. The Morgan fingerprint density at radius 1 is 1.03 bits per heavy atom. The number of hydrogen-bond donors (Lipinski definition) is 2. The van der Waals surface area contributed by atoms with Crippen LogP contribution in [0.5, 0.6) is 5.75 Å². The Morgan fingerprint density at radius 2 is 1.74 bits per heavy atom. The molecule has 4 aromatic rings. The van der Waals surface area contributed by atoms with E-state index in [1.54, 1.807) is 36.5 Å². The topological polar surface area (TPSA) is 109 Å². The summed E-state index contributed by atoms with van der Waals surface area (Å²) in [6, 6.07) is 19.5. The molecule has 1 aliphatic heterocycles. The summed E-state index contributed by atoms with van der Waals surface area (Å²) < 4.78 is 20.2. The van der Waals surface area contributed by atoms with Crippen molar-refractivity contribution in [2.45, 2.75) is 18.4 Å². The maximum Gasteiger partial charge on any atom is 0.303 e. The number of halogens is 1. The molecule has 2 amide bonds. The normalized spacial score (nSPS) is 16.1. The zero-order valence-corrected chi connectivity index (χ0v) is 22.8. The van der Waals surface area contributed by atoms with Crippen LogP contribution in [0.2, 0.25) is 0 Å². The second kappa shape index (κ2) is 10.9. The molecule has 1 radical (unpaired) electrons. The summed E-state index contributed by atoms with van der Waals surface area (Å²) in [6.45, 7) is 0. The number of carboxylic acid groups (broad SMARTS) is 1. The number of aliphatic carboxylic acids is 1. The molecule has 2 heterocycles. The predicted octanol–water partition coefficient (Wildman–Crippen LogP) is 4.17. The van der Waals surface area contributed by atoms with E-state index < -0.39 is 35.6 Å². The van der Waals surface area contributed by atoms with Crippen molar-refractivity contribution < 1.29 is 28.6 Å². The van der Waals surface area contributed by atoms with Gasteiger partial charge in [0.15, 0.2) is 0 Å². The first-order valence-electron chi connectivity index (χ1n) is 11.5. The Hall–Kier alpha value is -3.79. The van der Waals surface area contributed by atoms with Crippen LogP contribution in [0.3, 0.4) is 0 Å². The van der Waals surface area contributed by atoms with Gasteiger partial charge in [0.25, 0.3) is 11.8 Å². The van der Waals surface area contributed by atoms with E-state index in [2.05, 4.69) is 10.3 Å². The predicted molar refractivity (Wildman–Crippen MR) is 140 cm³/mol. The van der Waals surface area contributed by atoms with Crippen molar-refractivity contribution in [1.29, 1.82) is 0 Å². The summed E-state index contributed by atoms with van der Waals surface area (Å²) in [7, 11) is 1.46. The van der Waals surface area contributed by atoms with Gasteiger partial charge in [-0.3, -0.25) is 24.3 Å². The van der Waals surface area contributed by atoms with Gasteiger partial charge in [0.05, 0.1) is 18.5 Å². The molecule has 0 fully saturated rings. The summed E-state index contributed by atoms with van der Waals surface area (Å²) in [5, 5.41) is 13.9. The number of carbonyl (C=O) groups is 3. The number of ether oxygens (including phenoxy) is 1. The van der Waals surface area contributed by atoms with Crippen molar-refractivity contribution in [3.63, 3.8) is 0 Å². The molecule has 0 saturated heterocycles. The first kappa shape index (κ1) is 27.3. The van der Waals surface area contributed by atoms with E-state index in [1.165, 1.54) is 25.3 Å². The minimum Gasteiger partial charge on any atom is -0.497 e. The molecule has 0 bridgehead atoms. The third-order valence-corrected chi connectivity index (χ3v) is 6.47. The maximum atomic E-state index is 14.9. The number of benzene rings is 3. The van der Waals surface area contributed by atoms with Crippen LogP contribution in [0.1, 0.15) is 28.9 Å². The molecule has 8 nitrogen and oxygen atoms in total. The van der Waals surface area contributed by atoms with Crippen molar-refractivity contribution >= 4 is 69.5 Å². The van der Waals surface area contributed by atoms with Gasteiger partial charge in [0.2, 0.25) is 0 Å². The number of carbonyl (C=O) groups excluding carboxylic acids is 2. The Morgan fingerprint density at radius 3 is 2.45 bits per heavy atom. The van der Waals surface area contributed by atoms with Gasteiger partial charge in [0.1, 0.15) is 22.8 Å². The van der Waals surface area contributed by atoms with Crippen LogP contribution in [0.4, 0.5) is 15.8 Å². The summed E-state index contributed by atoms with van der Waals surface area (Å²) in [5.74, 6) is -2.74. The third kappa shape index (κ3) is 4.76. The zero-order valence-electron chi connectivity index (χ0n) is 20.8. The van der Waals surface area contributed by atoms with Gasteiger partial charge in [-0.25, -0.2) is 4.39 Å². The van der Waals surface area contributed by atoms with E-state index in [0.29, 0.717) is 11.3 Å². The molecule has 1 atom stereocenters. The fraction of sp³-hybridized carbons (Fsp3) is 0.143. The molecule has 0 saturated carbocycles. The maximum absolute atomic E-state index is 14.9. The number of fused-ring (bicyclic) bond motifs is 2. The molecule has 38 heavy (non-hydrogen) atoms. The number of hydrogen-bond acceptors (Lipinski definition) is 5. The number of para-hydroxylation sites is 1. The molecule has 187 valence electrons. The third-order valence-electron chi connectivity index (χ3n) is 6.47. The second-order valence-electron chi connectivity index (χ2n) is 8.64. The van der Waals surface area contributed by atoms with Crippen molar-refractivity contribution in [1.82, 2.24) is 10.3 Å². The Labute approximate surface area is 239 Å². The number of anilines is 2. The van der Waals surface area contributed by atoms with Crippen molar-refractivity contribution in [2.24, 2.45) is 0 Å². The molecule has 1 aromatic heterocycles. The Bertz CT molecular complexity index is 1560. The number of amides is 2. The number of nitrogens with one attached hydrogen (secondary N) is 1. The molecule has 2 N–H and O–H groups in total. The molecule has 0 spiro atoms. The molecular formula is C28H22FN3NaO5. The molecular weight excluding hydrogens is 500 g/mol. The van der Waals surface area contributed by atoms with Gasteiger partial charge in [-0.05, 0) is 36.1 Å².